The fourth-order valence-corrected chi connectivity index (χ4v) is 3.20. The number of carbonyl (C=O) groups is 3. The third-order valence-electron chi connectivity index (χ3n) is 4.86. The topological polar surface area (TPSA) is 95.7 Å². The predicted octanol–water partition coefficient (Wildman–Crippen LogP) is 2.34. The lowest BCUT2D eigenvalue weighted by molar-refractivity contribution is 0.0535. The number of benzene rings is 2. The molecule has 146 valence electrons. The molecule has 1 saturated heterocycles. The maximum Gasteiger partial charge on any atom is 0.316 e. The van der Waals surface area contributed by atoms with Crippen molar-refractivity contribution in [2.45, 2.75) is 13.3 Å². The van der Waals surface area contributed by atoms with Gasteiger partial charge >= 0.3 is 6.03 Å². The average Bonchev–Trinajstić information content (AvgIpc) is 2.73. The smallest absolute Gasteiger partial charge is 0.316 e. The Bertz CT molecular complexity index is 854. The maximum absolute atomic E-state index is 12.7. The van der Waals surface area contributed by atoms with Gasteiger partial charge in [-0.05, 0) is 48.4 Å². The molecule has 0 bridgehead atoms. The first kappa shape index (κ1) is 19.4. The lowest BCUT2D eigenvalue weighted by atomic mass is 10.1. The SMILES string of the molecule is CCc1ccc(C(=O)N2CCN(C(=O)c3ccc(NC(N)=O)cc3)CC2)cc1. The van der Waals surface area contributed by atoms with E-state index in [0.29, 0.717) is 43.0 Å². The summed E-state index contributed by atoms with van der Waals surface area (Å²) in [6.45, 7) is 4.05. The molecule has 1 heterocycles. The van der Waals surface area contributed by atoms with Crippen LogP contribution in [0.5, 0.6) is 0 Å². The third-order valence-corrected chi connectivity index (χ3v) is 4.86. The number of primary amides is 1. The lowest BCUT2D eigenvalue weighted by Crippen LogP contribution is -2.50. The van der Waals surface area contributed by atoms with Crippen LogP contribution in [0.4, 0.5) is 10.5 Å². The van der Waals surface area contributed by atoms with E-state index in [-0.39, 0.29) is 11.8 Å². The van der Waals surface area contributed by atoms with Gasteiger partial charge in [-0.25, -0.2) is 4.79 Å². The number of nitrogens with one attached hydrogen (secondary N) is 1. The van der Waals surface area contributed by atoms with Gasteiger partial charge in [-0.1, -0.05) is 19.1 Å². The van der Waals surface area contributed by atoms with Crippen LogP contribution in [-0.4, -0.2) is 53.8 Å². The second kappa shape index (κ2) is 8.56. The van der Waals surface area contributed by atoms with Gasteiger partial charge in [-0.2, -0.15) is 0 Å². The van der Waals surface area contributed by atoms with Crippen LogP contribution in [0.1, 0.15) is 33.2 Å². The monoisotopic (exact) mass is 380 g/mol. The van der Waals surface area contributed by atoms with Crippen molar-refractivity contribution in [3.05, 3.63) is 65.2 Å². The average molecular weight is 380 g/mol. The number of hydrogen-bond acceptors (Lipinski definition) is 3. The van der Waals surface area contributed by atoms with Crippen molar-refractivity contribution in [1.82, 2.24) is 9.80 Å². The number of urea groups is 1. The third kappa shape index (κ3) is 4.49. The van der Waals surface area contributed by atoms with Crippen molar-refractivity contribution in [1.29, 1.82) is 0 Å². The minimum absolute atomic E-state index is 0.00312. The summed E-state index contributed by atoms with van der Waals surface area (Å²) in [6.07, 6.45) is 0.939. The van der Waals surface area contributed by atoms with Gasteiger partial charge in [-0.3, -0.25) is 9.59 Å². The van der Waals surface area contributed by atoms with Gasteiger partial charge in [0.2, 0.25) is 0 Å². The summed E-state index contributed by atoms with van der Waals surface area (Å²) in [5, 5.41) is 2.46. The number of amides is 4. The van der Waals surface area contributed by atoms with Crippen LogP contribution in [0.25, 0.3) is 0 Å². The van der Waals surface area contributed by atoms with Gasteiger partial charge in [0.05, 0.1) is 0 Å². The number of aryl methyl sites for hydroxylation is 1. The Hall–Kier alpha value is -3.35. The Morgan fingerprint density at radius 1 is 0.821 bits per heavy atom. The van der Waals surface area contributed by atoms with Gasteiger partial charge in [0.15, 0.2) is 0 Å². The molecule has 1 aliphatic rings. The van der Waals surface area contributed by atoms with E-state index >= 15 is 0 Å². The van der Waals surface area contributed by atoms with Crippen LogP contribution in [0.15, 0.2) is 48.5 Å². The minimum Gasteiger partial charge on any atom is -0.351 e. The fraction of sp³-hybridized carbons (Fsp3) is 0.286. The van der Waals surface area contributed by atoms with E-state index in [0.717, 1.165) is 6.42 Å². The molecule has 3 rings (SSSR count). The van der Waals surface area contributed by atoms with Crippen LogP contribution in [0.3, 0.4) is 0 Å². The Morgan fingerprint density at radius 2 is 1.25 bits per heavy atom. The van der Waals surface area contributed by atoms with Gasteiger partial charge in [-0.15, -0.1) is 0 Å². The van der Waals surface area contributed by atoms with Gasteiger partial charge in [0, 0.05) is 43.0 Å². The number of hydrogen-bond donors (Lipinski definition) is 2. The van der Waals surface area contributed by atoms with E-state index in [1.165, 1.54) is 5.56 Å². The molecule has 1 aliphatic heterocycles. The molecular weight excluding hydrogens is 356 g/mol. The largest absolute Gasteiger partial charge is 0.351 e. The fourth-order valence-electron chi connectivity index (χ4n) is 3.20. The number of carbonyl (C=O) groups excluding carboxylic acids is 3. The Labute approximate surface area is 164 Å². The maximum atomic E-state index is 12.7. The summed E-state index contributed by atoms with van der Waals surface area (Å²) < 4.78 is 0. The van der Waals surface area contributed by atoms with Crippen molar-refractivity contribution in [3.63, 3.8) is 0 Å². The molecule has 4 amide bonds. The second-order valence-electron chi connectivity index (χ2n) is 6.70. The molecule has 0 spiro atoms. The van der Waals surface area contributed by atoms with E-state index in [1.54, 1.807) is 34.1 Å². The van der Waals surface area contributed by atoms with Gasteiger partial charge < -0.3 is 20.9 Å². The van der Waals surface area contributed by atoms with Gasteiger partial charge in [0.25, 0.3) is 11.8 Å². The van der Waals surface area contributed by atoms with Crippen LogP contribution < -0.4 is 11.1 Å². The summed E-state index contributed by atoms with van der Waals surface area (Å²) in [7, 11) is 0. The normalized spacial score (nSPS) is 13.9. The number of anilines is 1. The molecule has 0 aliphatic carbocycles. The van der Waals surface area contributed by atoms with Crippen molar-refractivity contribution in [2.75, 3.05) is 31.5 Å². The summed E-state index contributed by atoms with van der Waals surface area (Å²) in [5.74, 6) is -0.0957. The molecular formula is C21H24N4O3. The molecule has 0 aromatic heterocycles. The van der Waals surface area contributed by atoms with E-state index in [4.69, 9.17) is 5.73 Å². The van der Waals surface area contributed by atoms with E-state index < -0.39 is 6.03 Å². The first-order chi connectivity index (χ1) is 13.5. The minimum atomic E-state index is -0.649. The molecule has 3 N–H and O–H groups in total. The summed E-state index contributed by atoms with van der Waals surface area (Å²) in [5.41, 5.74) is 8.02. The molecule has 0 saturated carbocycles. The molecule has 2 aromatic carbocycles. The zero-order chi connectivity index (χ0) is 20.1. The quantitative estimate of drug-likeness (QED) is 0.852. The van der Waals surface area contributed by atoms with E-state index in [1.807, 2.05) is 24.3 Å². The predicted molar refractivity (Wildman–Crippen MR) is 107 cm³/mol. The molecule has 7 nitrogen and oxygen atoms in total. The van der Waals surface area contributed by atoms with Crippen LogP contribution in [-0.2, 0) is 6.42 Å². The molecule has 1 fully saturated rings. The van der Waals surface area contributed by atoms with Crippen LogP contribution >= 0.6 is 0 Å². The molecule has 0 unspecified atom stereocenters. The highest BCUT2D eigenvalue weighted by Gasteiger charge is 2.25. The number of nitrogens with two attached hydrogens (primary N) is 1. The zero-order valence-corrected chi connectivity index (χ0v) is 15.9. The zero-order valence-electron chi connectivity index (χ0n) is 15.9. The molecule has 2 aromatic rings. The van der Waals surface area contributed by atoms with Crippen molar-refractivity contribution in [2.24, 2.45) is 5.73 Å². The number of rotatable bonds is 4. The van der Waals surface area contributed by atoms with E-state index in [2.05, 4.69) is 12.2 Å². The first-order valence-electron chi connectivity index (χ1n) is 9.32. The molecule has 0 atom stereocenters. The van der Waals surface area contributed by atoms with Crippen LogP contribution in [0.2, 0.25) is 0 Å². The van der Waals surface area contributed by atoms with E-state index in [9.17, 15) is 14.4 Å². The van der Waals surface area contributed by atoms with Crippen molar-refractivity contribution in [3.8, 4) is 0 Å². The standard InChI is InChI=1S/C21H24N4O3/c1-2-15-3-5-16(6-4-15)19(26)24-11-13-25(14-12-24)20(27)17-7-9-18(10-8-17)23-21(22)28/h3-10H,2,11-14H2,1H3,(H3,22,23,28). The van der Waals surface area contributed by atoms with Crippen LogP contribution in [0, 0.1) is 0 Å². The highest BCUT2D eigenvalue weighted by atomic mass is 16.2. The highest BCUT2D eigenvalue weighted by molar-refractivity contribution is 5.96. The highest BCUT2D eigenvalue weighted by Crippen LogP contribution is 2.15. The Balaban J connectivity index is 1.57. The lowest BCUT2D eigenvalue weighted by Gasteiger charge is -2.35. The van der Waals surface area contributed by atoms with Crippen molar-refractivity contribution < 1.29 is 14.4 Å². The van der Waals surface area contributed by atoms with Crippen molar-refractivity contribution >= 4 is 23.5 Å². The molecule has 0 radical (unpaired) electrons. The first-order valence-corrected chi connectivity index (χ1v) is 9.32. The Kier molecular flexibility index (Phi) is 5.93. The number of piperazine rings is 1. The summed E-state index contributed by atoms with van der Waals surface area (Å²) in [4.78, 5) is 39.7. The molecule has 7 heteroatoms. The number of nitrogens with zero attached hydrogens (tertiary/aromatic N) is 2. The summed E-state index contributed by atoms with van der Waals surface area (Å²) in [6, 6.07) is 13.6. The Morgan fingerprint density at radius 3 is 1.64 bits per heavy atom. The van der Waals surface area contributed by atoms with Gasteiger partial charge in [0.1, 0.15) is 0 Å². The second-order valence-corrected chi connectivity index (χ2v) is 6.70. The molecule has 28 heavy (non-hydrogen) atoms. The summed E-state index contributed by atoms with van der Waals surface area (Å²) >= 11 is 0.